The number of hydrogen-bond donors (Lipinski definition) is 0. The van der Waals surface area contributed by atoms with Crippen LogP contribution in [-0.2, 0) is 4.79 Å². The first-order chi connectivity index (χ1) is 13.5. The number of unbranched alkanes of at least 4 members (excludes halogenated alkanes) is 2. The van der Waals surface area contributed by atoms with Crippen molar-refractivity contribution in [3.63, 3.8) is 0 Å². The van der Waals surface area contributed by atoms with Gasteiger partial charge < -0.3 is 4.74 Å². The number of nitro groups is 1. The molecule has 0 saturated carbocycles. The molecule has 0 amide bonds. The number of non-ortho nitro benzene ring substituents is 1. The standard InChI is InChI=1S/C22H22FNO4/c1-2-3-4-6-17(18-9-11-19(23)12-10-18)7-5-8-22(25)28-21-15-13-20(14-16-21)24(26)27/h5,7-16H,2-4,6H2,1H3/b8-5+,17-7+. The Labute approximate surface area is 163 Å². The molecule has 0 fully saturated rings. The van der Waals surface area contributed by atoms with Gasteiger partial charge in [-0.3, -0.25) is 10.1 Å². The van der Waals surface area contributed by atoms with Crippen LogP contribution in [0.2, 0.25) is 0 Å². The van der Waals surface area contributed by atoms with Gasteiger partial charge in [0.15, 0.2) is 0 Å². The lowest BCUT2D eigenvalue weighted by Crippen LogP contribution is -2.03. The zero-order valence-corrected chi connectivity index (χ0v) is 15.6. The number of benzene rings is 2. The molecule has 0 atom stereocenters. The van der Waals surface area contributed by atoms with Gasteiger partial charge in [-0.2, -0.15) is 0 Å². The zero-order valence-electron chi connectivity index (χ0n) is 15.6. The predicted molar refractivity (Wildman–Crippen MR) is 106 cm³/mol. The fourth-order valence-electron chi connectivity index (χ4n) is 2.58. The monoisotopic (exact) mass is 383 g/mol. The number of carbonyl (C=O) groups excluding carboxylic acids is 1. The molecule has 6 heteroatoms. The lowest BCUT2D eigenvalue weighted by atomic mass is 9.99. The van der Waals surface area contributed by atoms with Crippen molar-refractivity contribution in [3.05, 3.63) is 88.3 Å². The molecule has 28 heavy (non-hydrogen) atoms. The molecular weight excluding hydrogens is 361 g/mol. The van der Waals surface area contributed by atoms with E-state index in [0.717, 1.165) is 36.8 Å². The van der Waals surface area contributed by atoms with Crippen molar-refractivity contribution in [2.24, 2.45) is 0 Å². The van der Waals surface area contributed by atoms with Crippen LogP contribution in [0.1, 0.15) is 38.2 Å². The van der Waals surface area contributed by atoms with Gasteiger partial charge in [0.2, 0.25) is 0 Å². The van der Waals surface area contributed by atoms with Gasteiger partial charge >= 0.3 is 5.97 Å². The Morgan fingerprint density at radius 3 is 2.39 bits per heavy atom. The van der Waals surface area contributed by atoms with Crippen molar-refractivity contribution in [1.29, 1.82) is 0 Å². The summed E-state index contributed by atoms with van der Waals surface area (Å²) < 4.78 is 18.3. The summed E-state index contributed by atoms with van der Waals surface area (Å²) >= 11 is 0. The Morgan fingerprint density at radius 1 is 1.11 bits per heavy atom. The third-order valence-corrected chi connectivity index (χ3v) is 4.06. The third-order valence-electron chi connectivity index (χ3n) is 4.06. The summed E-state index contributed by atoms with van der Waals surface area (Å²) in [4.78, 5) is 22.0. The second-order valence-electron chi connectivity index (χ2n) is 6.19. The molecule has 0 radical (unpaired) electrons. The highest BCUT2D eigenvalue weighted by Crippen LogP contribution is 2.22. The highest BCUT2D eigenvalue weighted by Gasteiger charge is 2.06. The van der Waals surface area contributed by atoms with E-state index < -0.39 is 10.9 Å². The van der Waals surface area contributed by atoms with Crippen LogP contribution in [0.4, 0.5) is 10.1 Å². The molecule has 0 N–H and O–H groups in total. The highest BCUT2D eigenvalue weighted by molar-refractivity contribution is 5.85. The summed E-state index contributed by atoms with van der Waals surface area (Å²) in [5.74, 6) is -0.651. The molecule has 2 rings (SSSR count). The Morgan fingerprint density at radius 2 is 1.79 bits per heavy atom. The van der Waals surface area contributed by atoms with Crippen LogP contribution in [0.5, 0.6) is 5.75 Å². The topological polar surface area (TPSA) is 69.4 Å². The summed E-state index contributed by atoms with van der Waals surface area (Å²) in [7, 11) is 0. The number of rotatable bonds is 9. The fraction of sp³-hybridized carbons (Fsp3) is 0.227. The van der Waals surface area contributed by atoms with Gasteiger partial charge in [-0.05, 0) is 48.2 Å². The molecule has 5 nitrogen and oxygen atoms in total. The summed E-state index contributed by atoms with van der Waals surface area (Å²) in [6.07, 6.45) is 8.70. The van der Waals surface area contributed by atoms with Crippen LogP contribution < -0.4 is 4.74 Å². The SMILES string of the molecule is CCCCC/C(=C\C=C\C(=O)Oc1ccc([N+](=O)[O-])cc1)c1ccc(F)cc1. The Kier molecular flexibility index (Phi) is 8.09. The zero-order chi connectivity index (χ0) is 20.4. The van der Waals surface area contributed by atoms with Gasteiger partial charge in [0.1, 0.15) is 11.6 Å². The van der Waals surface area contributed by atoms with Crippen LogP contribution in [0.25, 0.3) is 5.57 Å². The smallest absolute Gasteiger partial charge is 0.336 e. The lowest BCUT2D eigenvalue weighted by Gasteiger charge is -2.07. The second kappa shape index (κ2) is 10.8. The van der Waals surface area contributed by atoms with E-state index in [9.17, 15) is 19.3 Å². The van der Waals surface area contributed by atoms with Crippen molar-refractivity contribution in [1.82, 2.24) is 0 Å². The second-order valence-corrected chi connectivity index (χ2v) is 6.19. The summed E-state index contributed by atoms with van der Waals surface area (Å²) in [5, 5.41) is 10.6. The van der Waals surface area contributed by atoms with E-state index in [1.807, 2.05) is 6.08 Å². The van der Waals surface area contributed by atoms with E-state index in [4.69, 9.17) is 4.74 Å². The van der Waals surface area contributed by atoms with E-state index in [2.05, 4.69) is 6.92 Å². The first-order valence-corrected chi connectivity index (χ1v) is 9.09. The lowest BCUT2D eigenvalue weighted by molar-refractivity contribution is -0.384. The minimum atomic E-state index is -0.586. The highest BCUT2D eigenvalue weighted by atomic mass is 19.1. The van der Waals surface area contributed by atoms with E-state index in [1.165, 1.54) is 42.5 Å². The van der Waals surface area contributed by atoms with E-state index in [-0.39, 0.29) is 17.3 Å². The molecule has 0 aliphatic rings. The minimum absolute atomic E-state index is 0.0747. The molecule has 0 unspecified atom stereocenters. The Bertz CT molecular complexity index is 855. The van der Waals surface area contributed by atoms with Crippen molar-refractivity contribution in [3.8, 4) is 5.75 Å². The fourth-order valence-corrected chi connectivity index (χ4v) is 2.58. The maximum atomic E-state index is 13.2. The third kappa shape index (κ3) is 6.79. The number of allylic oxidation sites excluding steroid dienone is 3. The minimum Gasteiger partial charge on any atom is -0.423 e. The number of ether oxygens (including phenoxy) is 1. The first kappa shape index (κ1) is 21.0. The maximum Gasteiger partial charge on any atom is 0.336 e. The molecule has 0 aromatic heterocycles. The normalized spacial score (nSPS) is 11.6. The van der Waals surface area contributed by atoms with Gasteiger partial charge in [-0.1, -0.05) is 44.1 Å². The van der Waals surface area contributed by atoms with Gasteiger partial charge in [0.05, 0.1) is 4.92 Å². The number of nitro benzene ring substituents is 1. The van der Waals surface area contributed by atoms with Crippen LogP contribution in [-0.4, -0.2) is 10.9 Å². The van der Waals surface area contributed by atoms with Crippen LogP contribution in [0.3, 0.4) is 0 Å². The molecule has 2 aromatic rings. The average molecular weight is 383 g/mol. The molecule has 0 spiro atoms. The van der Waals surface area contributed by atoms with E-state index >= 15 is 0 Å². The summed E-state index contributed by atoms with van der Waals surface area (Å²) in [6, 6.07) is 11.5. The quantitative estimate of drug-likeness (QED) is 0.103. The molecule has 146 valence electrons. The van der Waals surface area contributed by atoms with Crippen LogP contribution in [0.15, 0.2) is 66.8 Å². The first-order valence-electron chi connectivity index (χ1n) is 9.09. The molecule has 0 aliphatic heterocycles. The molecule has 0 saturated heterocycles. The molecular formula is C22H22FNO4. The number of esters is 1. The van der Waals surface area contributed by atoms with Crippen molar-refractivity contribution in [2.75, 3.05) is 0 Å². The van der Waals surface area contributed by atoms with Crippen molar-refractivity contribution >= 4 is 17.2 Å². The number of halogens is 1. The molecule has 0 bridgehead atoms. The Balaban J connectivity index is 2.04. The van der Waals surface area contributed by atoms with Crippen molar-refractivity contribution in [2.45, 2.75) is 32.6 Å². The largest absolute Gasteiger partial charge is 0.423 e. The van der Waals surface area contributed by atoms with Gasteiger partial charge in [0.25, 0.3) is 5.69 Å². The molecule has 0 aliphatic carbocycles. The van der Waals surface area contributed by atoms with Crippen LogP contribution in [0, 0.1) is 15.9 Å². The maximum absolute atomic E-state index is 13.2. The average Bonchev–Trinajstić information content (AvgIpc) is 2.68. The van der Waals surface area contributed by atoms with Gasteiger partial charge in [-0.15, -0.1) is 0 Å². The number of hydrogen-bond acceptors (Lipinski definition) is 4. The number of carbonyl (C=O) groups is 1. The predicted octanol–water partition coefficient (Wildman–Crippen LogP) is 5.86. The van der Waals surface area contributed by atoms with Crippen molar-refractivity contribution < 1.29 is 18.8 Å². The molecule has 0 heterocycles. The molecule has 2 aromatic carbocycles. The van der Waals surface area contributed by atoms with Crippen LogP contribution >= 0.6 is 0 Å². The summed E-state index contributed by atoms with van der Waals surface area (Å²) in [5.41, 5.74) is 1.84. The van der Waals surface area contributed by atoms with E-state index in [0.29, 0.717) is 0 Å². The number of nitrogens with zero attached hydrogens (tertiary/aromatic N) is 1. The summed E-state index contributed by atoms with van der Waals surface area (Å²) in [6.45, 7) is 2.12. The Hall–Kier alpha value is -3.28. The van der Waals surface area contributed by atoms with Gasteiger partial charge in [0, 0.05) is 18.2 Å². The van der Waals surface area contributed by atoms with E-state index in [1.54, 1.807) is 18.2 Å². The van der Waals surface area contributed by atoms with Gasteiger partial charge in [-0.25, -0.2) is 9.18 Å².